The number of nitrogens with zero attached hydrogens (tertiary/aromatic N) is 1. The van der Waals surface area contributed by atoms with Crippen LogP contribution in [0.2, 0.25) is 0 Å². The maximum atomic E-state index is 11.6. The predicted octanol–water partition coefficient (Wildman–Crippen LogP) is 0.890. The molecule has 0 aromatic heterocycles. The summed E-state index contributed by atoms with van der Waals surface area (Å²) in [4.78, 5) is 13.5. The lowest BCUT2D eigenvalue weighted by Gasteiger charge is -2.28. The second kappa shape index (κ2) is 4.86. The van der Waals surface area contributed by atoms with Crippen LogP contribution in [-0.4, -0.2) is 41.9 Å². The third-order valence-electron chi connectivity index (χ3n) is 4.23. The lowest BCUT2D eigenvalue weighted by molar-refractivity contribution is -0.145. The van der Waals surface area contributed by atoms with Crippen molar-refractivity contribution < 1.29 is 18.3 Å². The molecule has 20 heavy (non-hydrogen) atoms. The quantitative estimate of drug-likeness (QED) is 0.896. The fourth-order valence-electron chi connectivity index (χ4n) is 3.28. The Labute approximate surface area is 118 Å². The van der Waals surface area contributed by atoms with Crippen LogP contribution < -0.4 is 0 Å². The van der Waals surface area contributed by atoms with Crippen molar-refractivity contribution in [2.45, 2.75) is 25.6 Å². The molecular weight excluding hydrogens is 278 g/mol. The van der Waals surface area contributed by atoms with Crippen LogP contribution in [-0.2, 0) is 27.7 Å². The summed E-state index contributed by atoms with van der Waals surface area (Å²) in [5.41, 5.74) is 2.28. The Balaban J connectivity index is 1.82. The van der Waals surface area contributed by atoms with Crippen LogP contribution in [0.25, 0.3) is 0 Å². The normalized spacial score (nSPS) is 26.3. The highest BCUT2D eigenvalue weighted by atomic mass is 32.2. The first-order valence-corrected chi connectivity index (χ1v) is 8.52. The van der Waals surface area contributed by atoms with Gasteiger partial charge >= 0.3 is 5.97 Å². The van der Waals surface area contributed by atoms with Crippen molar-refractivity contribution in [3.63, 3.8) is 0 Å². The standard InChI is InChI=1S/C14H17NO4S/c16-14(17)13(12-5-6-20(18,19)9-12)15-7-10-3-1-2-4-11(10)8-15/h1-4,12-13H,5-9H2,(H,16,17). The van der Waals surface area contributed by atoms with E-state index in [0.29, 0.717) is 19.5 Å². The highest BCUT2D eigenvalue weighted by molar-refractivity contribution is 7.91. The number of rotatable bonds is 3. The molecule has 0 bridgehead atoms. The number of benzene rings is 1. The van der Waals surface area contributed by atoms with Gasteiger partial charge in [0.2, 0.25) is 0 Å². The van der Waals surface area contributed by atoms with Crippen LogP contribution in [0.3, 0.4) is 0 Å². The lowest BCUT2D eigenvalue weighted by atomic mass is 9.98. The zero-order valence-corrected chi connectivity index (χ0v) is 11.8. The van der Waals surface area contributed by atoms with Gasteiger partial charge < -0.3 is 5.11 Å². The van der Waals surface area contributed by atoms with E-state index in [1.807, 2.05) is 29.2 Å². The van der Waals surface area contributed by atoms with Gasteiger partial charge in [-0.3, -0.25) is 9.69 Å². The summed E-state index contributed by atoms with van der Waals surface area (Å²) in [6.45, 7) is 1.17. The van der Waals surface area contributed by atoms with Crippen LogP contribution in [0.4, 0.5) is 0 Å². The minimum absolute atomic E-state index is 0.00316. The summed E-state index contributed by atoms with van der Waals surface area (Å²) in [5, 5.41) is 9.51. The number of fused-ring (bicyclic) bond motifs is 1. The molecule has 0 aliphatic carbocycles. The molecule has 2 aliphatic heterocycles. The van der Waals surface area contributed by atoms with Crippen LogP contribution >= 0.6 is 0 Å². The highest BCUT2D eigenvalue weighted by Crippen LogP contribution is 2.31. The predicted molar refractivity (Wildman–Crippen MR) is 73.9 cm³/mol. The zero-order chi connectivity index (χ0) is 14.3. The first-order chi connectivity index (χ1) is 9.46. The molecule has 1 N–H and O–H groups in total. The Hall–Kier alpha value is -1.40. The Bertz CT molecular complexity index is 615. The number of hydrogen-bond acceptors (Lipinski definition) is 4. The number of sulfone groups is 1. The topological polar surface area (TPSA) is 74.7 Å². The average Bonchev–Trinajstić information content (AvgIpc) is 2.92. The van der Waals surface area contributed by atoms with Crippen LogP contribution in [0.5, 0.6) is 0 Å². The molecule has 1 fully saturated rings. The smallest absolute Gasteiger partial charge is 0.321 e. The van der Waals surface area contributed by atoms with Gasteiger partial charge in [-0.1, -0.05) is 24.3 Å². The molecule has 2 unspecified atom stereocenters. The number of carboxylic acid groups (broad SMARTS) is 1. The van der Waals surface area contributed by atoms with Crippen molar-refractivity contribution in [2.75, 3.05) is 11.5 Å². The van der Waals surface area contributed by atoms with Gasteiger partial charge in [0.1, 0.15) is 6.04 Å². The SMILES string of the molecule is O=C(O)C(C1CCS(=O)(=O)C1)N1Cc2ccccc2C1. The molecule has 2 atom stereocenters. The largest absolute Gasteiger partial charge is 0.480 e. The van der Waals surface area contributed by atoms with Crippen molar-refractivity contribution in [1.82, 2.24) is 4.90 Å². The van der Waals surface area contributed by atoms with E-state index in [2.05, 4.69) is 0 Å². The molecule has 0 saturated carbocycles. The van der Waals surface area contributed by atoms with Gasteiger partial charge in [0.25, 0.3) is 0 Å². The molecule has 6 heteroatoms. The molecule has 0 spiro atoms. The maximum Gasteiger partial charge on any atom is 0.321 e. The first-order valence-electron chi connectivity index (χ1n) is 6.70. The minimum atomic E-state index is -3.06. The average molecular weight is 295 g/mol. The molecule has 2 heterocycles. The highest BCUT2D eigenvalue weighted by Gasteiger charge is 2.42. The van der Waals surface area contributed by atoms with E-state index in [4.69, 9.17) is 0 Å². The van der Waals surface area contributed by atoms with Crippen LogP contribution in [0, 0.1) is 5.92 Å². The van der Waals surface area contributed by atoms with E-state index in [9.17, 15) is 18.3 Å². The van der Waals surface area contributed by atoms with E-state index in [-0.39, 0.29) is 17.4 Å². The molecule has 1 aromatic rings. The number of carbonyl (C=O) groups is 1. The number of hydrogen-bond donors (Lipinski definition) is 1. The molecule has 108 valence electrons. The van der Waals surface area contributed by atoms with E-state index < -0.39 is 21.8 Å². The summed E-state index contributed by atoms with van der Waals surface area (Å²) in [6.07, 6.45) is 0.451. The van der Waals surface area contributed by atoms with E-state index in [1.165, 1.54) is 0 Å². The van der Waals surface area contributed by atoms with Gasteiger partial charge in [-0.05, 0) is 17.5 Å². The summed E-state index contributed by atoms with van der Waals surface area (Å²) in [7, 11) is -3.06. The van der Waals surface area contributed by atoms with E-state index >= 15 is 0 Å². The van der Waals surface area contributed by atoms with Crippen molar-refractivity contribution in [2.24, 2.45) is 5.92 Å². The molecule has 1 saturated heterocycles. The van der Waals surface area contributed by atoms with E-state index in [0.717, 1.165) is 11.1 Å². The number of aliphatic carboxylic acids is 1. The Morgan fingerprint density at radius 3 is 2.30 bits per heavy atom. The Morgan fingerprint density at radius 2 is 1.85 bits per heavy atom. The molecule has 1 aromatic carbocycles. The van der Waals surface area contributed by atoms with Crippen molar-refractivity contribution in [3.8, 4) is 0 Å². The van der Waals surface area contributed by atoms with Gasteiger partial charge in [-0.15, -0.1) is 0 Å². The molecule has 2 aliphatic rings. The summed E-state index contributed by atoms with van der Waals surface area (Å²) in [5.74, 6) is -1.11. The van der Waals surface area contributed by atoms with Crippen LogP contribution in [0.1, 0.15) is 17.5 Å². The third-order valence-corrected chi connectivity index (χ3v) is 6.02. The molecular formula is C14H17NO4S. The summed E-state index contributed by atoms with van der Waals surface area (Å²) >= 11 is 0. The summed E-state index contributed by atoms with van der Waals surface area (Å²) < 4.78 is 23.2. The van der Waals surface area contributed by atoms with E-state index in [1.54, 1.807) is 0 Å². The van der Waals surface area contributed by atoms with Gasteiger partial charge in [0.05, 0.1) is 11.5 Å². The molecule has 3 rings (SSSR count). The Morgan fingerprint density at radius 1 is 1.25 bits per heavy atom. The first kappa shape index (κ1) is 13.6. The molecule has 0 amide bonds. The van der Waals surface area contributed by atoms with Crippen molar-refractivity contribution >= 4 is 15.8 Å². The monoisotopic (exact) mass is 295 g/mol. The second-order valence-corrected chi connectivity index (χ2v) is 7.85. The maximum absolute atomic E-state index is 11.6. The lowest BCUT2D eigenvalue weighted by Crippen LogP contribution is -2.44. The summed E-state index contributed by atoms with van der Waals surface area (Å²) in [6, 6.07) is 7.18. The van der Waals surface area contributed by atoms with Crippen molar-refractivity contribution in [3.05, 3.63) is 35.4 Å². The van der Waals surface area contributed by atoms with Gasteiger partial charge in [0, 0.05) is 19.0 Å². The fourth-order valence-corrected chi connectivity index (χ4v) is 5.11. The molecule has 0 radical (unpaired) electrons. The molecule has 5 nitrogen and oxygen atoms in total. The van der Waals surface area contributed by atoms with Crippen molar-refractivity contribution in [1.29, 1.82) is 0 Å². The van der Waals surface area contributed by atoms with Crippen LogP contribution in [0.15, 0.2) is 24.3 Å². The fraction of sp³-hybridized carbons (Fsp3) is 0.500. The third kappa shape index (κ3) is 2.45. The zero-order valence-electron chi connectivity index (χ0n) is 11.0. The second-order valence-electron chi connectivity index (χ2n) is 5.62. The van der Waals surface area contributed by atoms with Gasteiger partial charge in [0.15, 0.2) is 9.84 Å². The van der Waals surface area contributed by atoms with Gasteiger partial charge in [-0.25, -0.2) is 8.42 Å². The van der Waals surface area contributed by atoms with Gasteiger partial charge in [-0.2, -0.15) is 0 Å². The number of carboxylic acids is 1. The Kier molecular flexibility index (Phi) is 3.30. The minimum Gasteiger partial charge on any atom is -0.480 e.